The highest BCUT2D eigenvalue weighted by Crippen LogP contribution is 2.21. The first kappa shape index (κ1) is 17.8. The first-order valence-corrected chi connectivity index (χ1v) is 8.24. The van der Waals surface area contributed by atoms with Crippen LogP contribution in [0.2, 0.25) is 0 Å². The monoisotopic (exact) mass is 354 g/mol. The van der Waals surface area contributed by atoms with Gasteiger partial charge in [0.25, 0.3) is 5.56 Å². The van der Waals surface area contributed by atoms with Crippen LogP contribution in [0.4, 0.5) is 10.1 Å². The minimum atomic E-state index is -0.415. The Labute approximate surface area is 150 Å². The topological polar surface area (TPSA) is 60.3 Å². The predicted octanol–water partition coefficient (Wildman–Crippen LogP) is 2.97. The molecular formula is C20H19FN2O3. The summed E-state index contributed by atoms with van der Waals surface area (Å²) in [6.45, 7) is 0.889. The van der Waals surface area contributed by atoms with Gasteiger partial charge in [-0.1, -0.05) is 24.3 Å². The van der Waals surface area contributed by atoms with Gasteiger partial charge in [-0.05, 0) is 29.8 Å². The number of rotatable bonds is 6. The van der Waals surface area contributed by atoms with Crippen molar-refractivity contribution in [2.45, 2.75) is 13.0 Å². The molecule has 3 aromatic rings. The minimum absolute atomic E-state index is 0.0754. The highest BCUT2D eigenvalue weighted by Gasteiger charge is 2.11. The Kier molecular flexibility index (Phi) is 5.43. The van der Waals surface area contributed by atoms with Crippen LogP contribution in [0.15, 0.2) is 59.5 Å². The molecule has 0 bridgehead atoms. The number of nitrogens with zero attached hydrogens (tertiary/aromatic N) is 1. The molecule has 0 aliphatic rings. The molecule has 0 spiro atoms. The molecule has 1 N–H and O–H groups in total. The Morgan fingerprint density at radius 3 is 2.69 bits per heavy atom. The Bertz CT molecular complexity index is 998. The Hall–Kier alpha value is -2.99. The number of amides is 1. The van der Waals surface area contributed by atoms with Gasteiger partial charge in [0.15, 0.2) is 0 Å². The number of hydrogen-bond donors (Lipinski definition) is 1. The molecule has 5 nitrogen and oxygen atoms in total. The molecule has 0 aliphatic heterocycles. The van der Waals surface area contributed by atoms with Gasteiger partial charge < -0.3 is 14.6 Å². The van der Waals surface area contributed by atoms with E-state index >= 15 is 0 Å². The van der Waals surface area contributed by atoms with Gasteiger partial charge >= 0.3 is 0 Å². The third-order valence-corrected chi connectivity index (χ3v) is 4.14. The number of nitrogens with one attached hydrogen (secondary N) is 1. The molecule has 0 radical (unpaired) electrons. The first-order chi connectivity index (χ1) is 12.6. The molecule has 0 atom stereocenters. The van der Waals surface area contributed by atoms with Gasteiger partial charge in [-0.3, -0.25) is 9.59 Å². The predicted molar refractivity (Wildman–Crippen MR) is 98.8 cm³/mol. The van der Waals surface area contributed by atoms with Gasteiger partial charge in [0.05, 0.1) is 13.0 Å². The van der Waals surface area contributed by atoms with Gasteiger partial charge in [-0.15, -0.1) is 0 Å². The van der Waals surface area contributed by atoms with E-state index in [2.05, 4.69) is 5.32 Å². The van der Waals surface area contributed by atoms with Crippen molar-refractivity contribution in [2.75, 3.05) is 19.0 Å². The summed E-state index contributed by atoms with van der Waals surface area (Å²) in [6, 6.07) is 13.1. The number of halogens is 1. The van der Waals surface area contributed by atoms with Gasteiger partial charge in [-0.2, -0.15) is 0 Å². The molecule has 0 saturated heterocycles. The van der Waals surface area contributed by atoms with Gasteiger partial charge in [0.1, 0.15) is 5.82 Å². The molecule has 1 amide bonds. The van der Waals surface area contributed by atoms with Crippen molar-refractivity contribution in [1.29, 1.82) is 0 Å². The fraction of sp³-hybridized carbons (Fsp3) is 0.200. The average Bonchev–Trinajstić information content (AvgIpc) is 2.64. The Morgan fingerprint density at radius 1 is 1.12 bits per heavy atom. The first-order valence-electron chi connectivity index (χ1n) is 8.24. The van der Waals surface area contributed by atoms with Crippen LogP contribution < -0.4 is 10.9 Å². The van der Waals surface area contributed by atoms with E-state index in [0.717, 1.165) is 0 Å². The van der Waals surface area contributed by atoms with Gasteiger partial charge in [0.2, 0.25) is 5.91 Å². The SMILES string of the molecule is COCCn1ccc2c(NC(=O)Cc3ccccc3F)cccc2c1=O. The summed E-state index contributed by atoms with van der Waals surface area (Å²) in [6.07, 6.45) is 1.60. The van der Waals surface area contributed by atoms with Crippen LogP contribution in [0.3, 0.4) is 0 Å². The lowest BCUT2D eigenvalue weighted by molar-refractivity contribution is -0.115. The molecule has 6 heteroatoms. The van der Waals surface area contributed by atoms with Crippen LogP contribution in [0.1, 0.15) is 5.56 Å². The lowest BCUT2D eigenvalue weighted by atomic mass is 10.1. The summed E-state index contributed by atoms with van der Waals surface area (Å²) in [5.74, 6) is -0.757. The molecule has 0 unspecified atom stereocenters. The van der Waals surface area contributed by atoms with E-state index in [9.17, 15) is 14.0 Å². The van der Waals surface area contributed by atoms with E-state index in [0.29, 0.717) is 35.2 Å². The molecule has 26 heavy (non-hydrogen) atoms. The quantitative estimate of drug-likeness (QED) is 0.740. The Balaban J connectivity index is 1.86. The summed E-state index contributed by atoms with van der Waals surface area (Å²) < 4.78 is 20.3. The highest BCUT2D eigenvalue weighted by molar-refractivity contribution is 6.02. The van der Waals surface area contributed by atoms with Crippen molar-refractivity contribution < 1.29 is 13.9 Å². The van der Waals surface area contributed by atoms with E-state index in [4.69, 9.17) is 4.74 Å². The number of hydrogen-bond acceptors (Lipinski definition) is 3. The Morgan fingerprint density at radius 2 is 1.92 bits per heavy atom. The molecule has 0 saturated carbocycles. The molecule has 134 valence electrons. The molecule has 1 aromatic heterocycles. The molecule has 1 heterocycles. The smallest absolute Gasteiger partial charge is 0.258 e. The largest absolute Gasteiger partial charge is 0.383 e. The minimum Gasteiger partial charge on any atom is -0.383 e. The fourth-order valence-electron chi connectivity index (χ4n) is 2.80. The van der Waals surface area contributed by atoms with Crippen LogP contribution in [0, 0.1) is 5.82 Å². The van der Waals surface area contributed by atoms with Crippen LogP contribution in [-0.4, -0.2) is 24.2 Å². The third-order valence-electron chi connectivity index (χ3n) is 4.14. The summed E-state index contributed by atoms with van der Waals surface area (Å²) in [5, 5.41) is 3.93. The number of carbonyl (C=O) groups is 1. The van der Waals surface area contributed by atoms with Crippen molar-refractivity contribution in [2.24, 2.45) is 0 Å². The summed E-state index contributed by atoms with van der Waals surface area (Å²) in [5.41, 5.74) is 0.705. The number of aromatic nitrogens is 1. The highest BCUT2D eigenvalue weighted by atomic mass is 19.1. The molecule has 2 aromatic carbocycles. The second kappa shape index (κ2) is 7.93. The third kappa shape index (κ3) is 3.81. The zero-order chi connectivity index (χ0) is 18.5. The van der Waals surface area contributed by atoms with Crippen molar-refractivity contribution in [3.05, 3.63) is 76.5 Å². The number of pyridine rings is 1. The number of anilines is 1. The van der Waals surface area contributed by atoms with Crippen molar-refractivity contribution in [3.8, 4) is 0 Å². The average molecular weight is 354 g/mol. The van der Waals surface area contributed by atoms with E-state index in [1.54, 1.807) is 60.3 Å². The lowest BCUT2D eigenvalue weighted by Crippen LogP contribution is -2.22. The number of ether oxygens (including phenoxy) is 1. The molecule has 0 aliphatic carbocycles. The number of methoxy groups -OCH3 is 1. The van der Waals surface area contributed by atoms with Gasteiger partial charge in [-0.25, -0.2) is 4.39 Å². The normalized spacial score (nSPS) is 10.8. The lowest BCUT2D eigenvalue weighted by Gasteiger charge is -2.11. The number of carbonyl (C=O) groups excluding carboxylic acids is 1. The summed E-state index contributed by atoms with van der Waals surface area (Å²) in [4.78, 5) is 24.8. The second-order valence-electron chi connectivity index (χ2n) is 5.89. The summed E-state index contributed by atoms with van der Waals surface area (Å²) in [7, 11) is 1.58. The number of benzene rings is 2. The maximum Gasteiger partial charge on any atom is 0.258 e. The second-order valence-corrected chi connectivity index (χ2v) is 5.89. The molecular weight excluding hydrogens is 335 g/mol. The summed E-state index contributed by atoms with van der Waals surface area (Å²) >= 11 is 0. The van der Waals surface area contributed by atoms with Crippen molar-refractivity contribution in [3.63, 3.8) is 0 Å². The number of fused-ring (bicyclic) bond motifs is 1. The standard InChI is InChI=1S/C20H19FN2O3/c1-26-12-11-23-10-9-15-16(20(23)25)6-4-8-18(15)22-19(24)13-14-5-2-3-7-17(14)21/h2-10H,11-13H2,1H3,(H,22,24). The van der Waals surface area contributed by atoms with Gasteiger partial charge in [0, 0.05) is 36.3 Å². The molecule has 3 rings (SSSR count). The van der Waals surface area contributed by atoms with E-state index in [-0.39, 0.29) is 17.9 Å². The van der Waals surface area contributed by atoms with E-state index in [1.165, 1.54) is 6.07 Å². The van der Waals surface area contributed by atoms with Crippen LogP contribution >= 0.6 is 0 Å². The van der Waals surface area contributed by atoms with E-state index < -0.39 is 5.82 Å². The maximum atomic E-state index is 13.7. The fourth-order valence-corrected chi connectivity index (χ4v) is 2.80. The van der Waals surface area contributed by atoms with Crippen molar-refractivity contribution in [1.82, 2.24) is 4.57 Å². The molecule has 0 fully saturated rings. The van der Waals surface area contributed by atoms with E-state index in [1.807, 2.05) is 0 Å². The van der Waals surface area contributed by atoms with Crippen LogP contribution in [-0.2, 0) is 22.5 Å². The van der Waals surface area contributed by atoms with Crippen molar-refractivity contribution >= 4 is 22.4 Å². The zero-order valence-electron chi connectivity index (χ0n) is 14.4. The maximum absolute atomic E-state index is 13.7. The van der Waals surface area contributed by atoms with Crippen LogP contribution in [0.5, 0.6) is 0 Å². The van der Waals surface area contributed by atoms with Crippen LogP contribution in [0.25, 0.3) is 10.8 Å². The zero-order valence-corrected chi connectivity index (χ0v) is 14.4.